The van der Waals surface area contributed by atoms with E-state index in [1.54, 1.807) is 42.5 Å². The first-order valence-corrected chi connectivity index (χ1v) is 6.31. The van der Waals surface area contributed by atoms with Crippen LogP contribution >= 0.6 is 0 Å². The molecule has 21 heavy (non-hydrogen) atoms. The molecule has 0 unspecified atom stereocenters. The van der Waals surface area contributed by atoms with Crippen molar-refractivity contribution in [2.24, 2.45) is 5.73 Å². The normalized spacial score (nSPS) is 10.7. The van der Waals surface area contributed by atoms with E-state index in [-0.39, 0.29) is 5.56 Å². The zero-order valence-electron chi connectivity index (χ0n) is 11.0. The number of carbonyl (C=O) groups is 2. The minimum Gasteiger partial charge on any atom is -0.478 e. The molecule has 5 nitrogen and oxygen atoms in total. The van der Waals surface area contributed by atoms with Gasteiger partial charge in [0.2, 0.25) is 5.91 Å². The van der Waals surface area contributed by atoms with E-state index in [0.29, 0.717) is 5.56 Å². The van der Waals surface area contributed by atoms with Crippen molar-refractivity contribution in [1.82, 2.24) is 4.98 Å². The number of aromatic nitrogens is 1. The zero-order chi connectivity index (χ0) is 15.0. The largest absolute Gasteiger partial charge is 0.478 e. The van der Waals surface area contributed by atoms with Crippen molar-refractivity contribution < 1.29 is 14.7 Å². The molecule has 0 spiro atoms. The summed E-state index contributed by atoms with van der Waals surface area (Å²) in [6, 6.07) is 13.7. The van der Waals surface area contributed by atoms with Gasteiger partial charge in [-0.2, -0.15) is 0 Å². The van der Waals surface area contributed by atoms with Crippen LogP contribution in [-0.4, -0.2) is 22.0 Å². The molecular formula is C16H12N2O3. The first-order chi connectivity index (χ1) is 10.0. The third kappa shape index (κ3) is 2.36. The lowest BCUT2D eigenvalue weighted by molar-refractivity contribution is 0.0697. The Morgan fingerprint density at radius 2 is 1.62 bits per heavy atom. The van der Waals surface area contributed by atoms with Crippen LogP contribution in [0.4, 0.5) is 0 Å². The van der Waals surface area contributed by atoms with E-state index >= 15 is 0 Å². The predicted octanol–water partition coefficient (Wildman–Crippen LogP) is 2.63. The molecule has 1 heterocycles. The van der Waals surface area contributed by atoms with Crippen LogP contribution in [0.5, 0.6) is 0 Å². The Morgan fingerprint density at radius 3 is 2.24 bits per heavy atom. The molecule has 1 amide bonds. The van der Waals surface area contributed by atoms with Crippen LogP contribution in [0.25, 0.3) is 22.2 Å². The number of hydrogen-bond donors (Lipinski definition) is 3. The van der Waals surface area contributed by atoms with Crippen LogP contribution in [0, 0.1) is 0 Å². The lowest BCUT2D eigenvalue weighted by atomic mass is 10.1. The van der Waals surface area contributed by atoms with Crippen LogP contribution in [-0.2, 0) is 0 Å². The van der Waals surface area contributed by atoms with Crippen LogP contribution in [0.15, 0.2) is 48.5 Å². The molecule has 0 radical (unpaired) electrons. The van der Waals surface area contributed by atoms with Crippen molar-refractivity contribution in [3.63, 3.8) is 0 Å². The monoisotopic (exact) mass is 280 g/mol. The smallest absolute Gasteiger partial charge is 0.335 e. The quantitative estimate of drug-likeness (QED) is 0.688. The van der Waals surface area contributed by atoms with Gasteiger partial charge < -0.3 is 15.8 Å². The van der Waals surface area contributed by atoms with Crippen molar-refractivity contribution >= 4 is 22.8 Å². The number of amides is 1. The molecule has 0 atom stereocenters. The first kappa shape index (κ1) is 12.9. The number of carbonyl (C=O) groups excluding carboxylic acids is 1. The molecule has 2 aromatic carbocycles. The summed E-state index contributed by atoms with van der Waals surface area (Å²) in [6.45, 7) is 0. The highest BCUT2D eigenvalue weighted by Gasteiger charge is 2.08. The Balaban J connectivity index is 2.04. The van der Waals surface area contributed by atoms with Crippen LogP contribution in [0.1, 0.15) is 20.7 Å². The minimum atomic E-state index is -0.953. The fourth-order valence-corrected chi connectivity index (χ4v) is 2.24. The third-order valence-electron chi connectivity index (χ3n) is 3.35. The highest BCUT2D eigenvalue weighted by atomic mass is 16.4. The van der Waals surface area contributed by atoms with Crippen molar-refractivity contribution in [2.45, 2.75) is 0 Å². The van der Waals surface area contributed by atoms with Crippen LogP contribution in [0.2, 0.25) is 0 Å². The number of carboxylic acid groups (broad SMARTS) is 1. The summed E-state index contributed by atoms with van der Waals surface area (Å²) < 4.78 is 0. The third-order valence-corrected chi connectivity index (χ3v) is 3.35. The zero-order valence-corrected chi connectivity index (χ0v) is 11.0. The fourth-order valence-electron chi connectivity index (χ4n) is 2.24. The maximum absolute atomic E-state index is 11.0. The van der Waals surface area contributed by atoms with E-state index in [1.807, 2.05) is 6.07 Å². The molecule has 0 bridgehead atoms. The molecule has 5 heteroatoms. The van der Waals surface area contributed by atoms with Gasteiger partial charge in [0.15, 0.2) is 0 Å². The molecule has 3 rings (SSSR count). The lowest BCUT2D eigenvalue weighted by Gasteiger charge is -1.99. The molecule has 3 aromatic rings. The van der Waals surface area contributed by atoms with Gasteiger partial charge in [-0.25, -0.2) is 4.79 Å². The Morgan fingerprint density at radius 1 is 0.952 bits per heavy atom. The van der Waals surface area contributed by atoms with Gasteiger partial charge in [-0.05, 0) is 42.0 Å². The summed E-state index contributed by atoms with van der Waals surface area (Å²) in [6.07, 6.45) is 0. The number of benzene rings is 2. The van der Waals surface area contributed by atoms with Gasteiger partial charge in [0, 0.05) is 22.2 Å². The summed E-state index contributed by atoms with van der Waals surface area (Å²) in [5, 5.41) is 9.82. The van der Waals surface area contributed by atoms with E-state index in [4.69, 9.17) is 10.8 Å². The van der Waals surface area contributed by atoms with E-state index in [2.05, 4.69) is 4.98 Å². The Labute approximate surface area is 120 Å². The second-order valence-electron chi connectivity index (χ2n) is 4.73. The van der Waals surface area contributed by atoms with Crippen molar-refractivity contribution in [2.75, 3.05) is 0 Å². The molecular weight excluding hydrogens is 268 g/mol. The number of hydrogen-bond acceptors (Lipinski definition) is 2. The molecule has 104 valence electrons. The van der Waals surface area contributed by atoms with Gasteiger partial charge in [0.1, 0.15) is 0 Å². The average Bonchev–Trinajstić information content (AvgIpc) is 2.90. The summed E-state index contributed by atoms with van der Waals surface area (Å²) in [4.78, 5) is 25.2. The average molecular weight is 280 g/mol. The lowest BCUT2D eigenvalue weighted by Crippen LogP contribution is -2.10. The Kier molecular flexibility index (Phi) is 2.95. The molecule has 0 saturated carbocycles. The number of aromatic carboxylic acids is 1. The number of primary amides is 1. The van der Waals surface area contributed by atoms with Gasteiger partial charge in [-0.1, -0.05) is 12.1 Å². The number of fused-ring (bicyclic) bond motifs is 1. The molecule has 0 aliphatic heterocycles. The standard InChI is InChI=1S/C16H12N2O3/c17-15(19)10-3-1-9(2-4-10)14-8-12-7-11(16(20)21)5-6-13(12)18-14/h1-8,18H,(H2,17,19)(H,20,21). The molecule has 0 fully saturated rings. The predicted molar refractivity (Wildman–Crippen MR) is 79.2 cm³/mol. The van der Waals surface area contributed by atoms with Crippen molar-refractivity contribution in [3.05, 3.63) is 59.7 Å². The molecule has 0 aliphatic carbocycles. The summed E-state index contributed by atoms with van der Waals surface area (Å²) in [5.74, 6) is -1.42. The Bertz CT molecular complexity index is 848. The summed E-state index contributed by atoms with van der Waals surface area (Å²) >= 11 is 0. The SMILES string of the molecule is NC(=O)c1ccc(-c2cc3cc(C(=O)O)ccc3[nH]2)cc1. The maximum Gasteiger partial charge on any atom is 0.335 e. The number of rotatable bonds is 3. The number of nitrogens with two attached hydrogens (primary N) is 1. The number of carboxylic acids is 1. The first-order valence-electron chi connectivity index (χ1n) is 6.31. The van der Waals surface area contributed by atoms with Crippen LogP contribution < -0.4 is 5.73 Å². The highest BCUT2D eigenvalue weighted by molar-refractivity contribution is 5.96. The summed E-state index contributed by atoms with van der Waals surface area (Å²) in [5.41, 5.74) is 8.50. The van der Waals surface area contributed by atoms with E-state index in [0.717, 1.165) is 22.2 Å². The van der Waals surface area contributed by atoms with E-state index in [1.165, 1.54) is 0 Å². The number of nitrogens with one attached hydrogen (secondary N) is 1. The van der Waals surface area contributed by atoms with Gasteiger partial charge in [0.05, 0.1) is 5.56 Å². The van der Waals surface area contributed by atoms with Gasteiger partial charge in [-0.15, -0.1) is 0 Å². The van der Waals surface area contributed by atoms with Gasteiger partial charge in [-0.3, -0.25) is 4.79 Å². The molecule has 1 aromatic heterocycles. The fraction of sp³-hybridized carbons (Fsp3) is 0. The topological polar surface area (TPSA) is 96.2 Å². The van der Waals surface area contributed by atoms with E-state index < -0.39 is 11.9 Å². The molecule has 4 N–H and O–H groups in total. The van der Waals surface area contributed by atoms with Crippen LogP contribution in [0.3, 0.4) is 0 Å². The van der Waals surface area contributed by atoms with Gasteiger partial charge in [0.25, 0.3) is 0 Å². The summed E-state index contributed by atoms with van der Waals surface area (Å²) in [7, 11) is 0. The second-order valence-corrected chi connectivity index (χ2v) is 4.73. The molecule has 0 aliphatic rings. The van der Waals surface area contributed by atoms with E-state index in [9.17, 15) is 9.59 Å². The minimum absolute atomic E-state index is 0.247. The van der Waals surface area contributed by atoms with Crippen molar-refractivity contribution in [3.8, 4) is 11.3 Å². The van der Waals surface area contributed by atoms with Crippen molar-refractivity contribution in [1.29, 1.82) is 0 Å². The highest BCUT2D eigenvalue weighted by Crippen LogP contribution is 2.25. The Hall–Kier alpha value is -3.08. The number of aromatic amines is 1. The van der Waals surface area contributed by atoms with Gasteiger partial charge >= 0.3 is 5.97 Å². The second kappa shape index (κ2) is 4.79. The maximum atomic E-state index is 11.0. The number of H-pyrrole nitrogens is 1. The molecule has 0 saturated heterocycles.